The van der Waals surface area contributed by atoms with Crippen LogP contribution in [-0.2, 0) is 6.42 Å². The van der Waals surface area contributed by atoms with Gasteiger partial charge in [-0.3, -0.25) is 4.98 Å². The van der Waals surface area contributed by atoms with Crippen LogP contribution < -0.4 is 10.5 Å². The number of rotatable bonds is 5. The third-order valence-electron chi connectivity index (χ3n) is 2.94. The van der Waals surface area contributed by atoms with Crippen LogP contribution >= 0.6 is 31.9 Å². The molecule has 0 aliphatic carbocycles. The van der Waals surface area contributed by atoms with E-state index in [0.717, 1.165) is 33.1 Å². The van der Waals surface area contributed by atoms with Gasteiger partial charge in [-0.1, -0.05) is 28.9 Å². The van der Waals surface area contributed by atoms with Crippen LogP contribution in [0.5, 0.6) is 11.5 Å². The highest BCUT2D eigenvalue weighted by molar-refractivity contribution is 9.10. The van der Waals surface area contributed by atoms with Crippen LogP contribution in [0.2, 0.25) is 0 Å². The molecule has 0 aliphatic heterocycles. The molecule has 1 atom stereocenters. The van der Waals surface area contributed by atoms with E-state index in [0.29, 0.717) is 5.75 Å². The summed E-state index contributed by atoms with van der Waals surface area (Å²) in [6.45, 7) is 2.09. The van der Waals surface area contributed by atoms with Crippen molar-refractivity contribution < 1.29 is 4.74 Å². The lowest BCUT2D eigenvalue weighted by molar-refractivity contribution is 0.469. The maximum Gasteiger partial charge on any atom is 0.146 e. The van der Waals surface area contributed by atoms with Crippen molar-refractivity contribution in [1.82, 2.24) is 4.98 Å². The Kier molecular flexibility index (Phi) is 5.57. The van der Waals surface area contributed by atoms with Gasteiger partial charge < -0.3 is 10.5 Å². The fraction of sp³-hybridized carbons (Fsp3) is 0.267. The summed E-state index contributed by atoms with van der Waals surface area (Å²) in [5, 5.41) is 0. The molecule has 5 heteroatoms. The smallest absolute Gasteiger partial charge is 0.146 e. The summed E-state index contributed by atoms with van der Waals surface area (Å²) in [6.07, 6.45) is 5.14. The molecule has 106 valence electrons. The second-order valence-corrected chi connectivity index (χ2v) is 6.40. The Morgan fingerprint density at radius 1 is 1.20 bits per heavy atom. The summed E-state index contributed by atoms with van der Waals surface area (Å²) in [7, 11) is 0. The molecule has 20 heavy (non-hydrogen) atoms. The van der Waals surface area contributed by atoms with Gasteiger partial charge in [0, 0.05) is 21.2 Å². The molecule has 0 bridgehead atoms. The Balaban J connectivity index is 2.27. The van der Waals surface area contributed by atoms with Crippen molar-refractivity contribution in [1.29, 1.82) is 0 Å². The maximum absolute atomic E-state index is 6.04. The molecule has 0 saturated carbocycles. The van der Waals surface area contributed by atoms with E-state index >= 15 is 0 Å². The zero-order chi connectivity index (χ0) is 14.5. The van der Waals surface area contributed by atoms with E-state index in [9.17, 15) is 0 Å². The molecule has 0 aliphatic rings. The van der Waals surface area contributed by atoms with Gasteiger partial charge in [0.05, 0.1) is 6.20 Å². The van der Waals surface area contributed by atoms with Crippen LogP contribution in [-0.4, -0.2) is 11.0 Å². The molecule has 0 saturated heterocycles. The molecule has 3 nitrogen and oxygen atoms in total. The molecule has 0 amide bonds. The fourth-order valence-corrected chi connectivity index (χ4v) is 2.48. The number of nitrogens with two attached hydrogens (primary N) is 1. The van der Waals surface area contributed by atoms with Crippen LogP contribution in [0, 0.1) is 0 Å². The first-order valence-corrected chi connectivity index (χ1v) is 7.99. The third-order valence-corrected chi connectivity index (χ3v) is 3.87. The second kappa shape index (κ2) is 7.20. The standard InChI is InChI=1S/C15H16Br2N2O/c1-2-13(18)5-10-3-4-11(16)7-15(10)20-14-6-12(17)8-19-9-14/h3-4,6-9,13H,2,5,18H2,1H3. The molecule has 1 aromatic carbocycles. The zero-order valence-corrected chi connectivity index (χ0v) is 14.3. The monoisotopic (exact) mass is 398 g/mol. The van der Waals surface area contributed by atoms with Gasteiger partial charge in [0.15, 0.2) is 0 Å². The average molecular weight is 400 g/mol. The van der Waals surface area contributed by atoms with Gasteiger partial charge in [0.25, 0.3) is 0 Å². The summed E-state index contributed by atoms with van der Waals surface area (Å²) in [4.78, 5) is 4.10. The molecule has 0 spiro atoms. The lowest BCUT2D eigenvalue weighted by Crippen LogP contribution is -2.21. The first kappa shape index (κ1) is 15.5. The Bertz CT molecular complexity index is 590. The van der Waals surface area contributed by atoms with E-state index in [4.69, 9.17) is 10.5 Å². The Hall–Kier alpha value is -0.910. The highest BCUT2D eigenvalue weighted by Crippen LogP contribution is 2.30. The van der Waals surface area contributed by atoms with E-state index in [1.165, 1.54) is 0 Å². The van der Waals surface area contributed by atoms with Crippen LogP contribution in [0.15, 0.2) is 45.6 Å². The first-order chi connectivity index (χ1) is 9.58. The predicted octanol–water partition coefficient (Wildman–Crippen LogP) is 4.68. The Morgan fingerprint density at radius 2 is 2.00 bits per heavy atom. The highest BCUT2D eigenvalue weighted by Gasteiger charge is 2.10. The Labute approximate surface area is 135 Å². The molecule has 2 N–H and O–H groups in total. The number of benzene rings is 1. The maximum atomic E-state index is 6.04. The van der Waals surface area contributed by atoms with Crippen molar-refractivity contribution in [3.05, 3.63) is 51.2 Å². The molecule has 2 aromatic rings. The molecule has 1 unspecified atom stereocenters. The average Bonchev–Trinajstić information content (AvgIpc) is 2.41. The van der Waals surface area contributed by atoms with Crippen LogP contribution in [0.4, 0.5) is 0 Å². The van der Waals surface area contributed by atoms with Gasteiger partial charge in [-0.05, 0) is 52.5 Å². The van der Waals surface area contributed by atoms with E-state index in [2.05, 4.69) is 43.8 Å². The first-order valence-electron chi connectivity index (χ1n) is 6.41. The van der Waals surface area contributed by atoms with Crippen molar-refractivity contribution in [2.45, 2.75) is 25.8 Å². The zero-order valence-electron chi connectivity index (χ0n) is 11.1. The topological polar surface area (TPSA) is 48.1 Å². The third kappa shape index (κ3) is 4.30. The molecular formula is C15H16Br2N2O. The lowest BCUT2D eigenvalue weighted by atomic mass is 10.0. The van der Waals surface area contributed by atoms with Crippen molar-refractivity contribution >= 4 is 31.9 Å². The number of hydrogen-bond acceptors (Lipinski definition) is 3. The van der Waals surface area contributed by atoms with E-state index in [-0.39, 0.29) is 6.04 Å². The van der Waals surface area contributed by atoms with E-state index in [1.54, 1.807) is 12.4 Å². The van der Waals surface area contributed by atoms with Crippen molar-refractivity contribution in [3.63, 3.8) is 0 Å². The molecule has 0 radical (unpaired) electrons. The van der Waals surface area contributed by atoms with Crippen molar-refractivity contribution in [3.8, 4) is 11.5 Å². The molecule has 1 aromatic heterocycles. The van der Waals surface area contributed by atoms with Gasteiger partial charge in [0.2, 0.25) is 0 Å². The lowest BCUT2D eigenvalue weighted by Gasteiger charge is -2.14. The molecular weight excluding hydrogens is 384 g/mol. The molecule has 0 fully saturated rings. The van der Waals surface area contributed by atoms with Crippen LogP contribution in [0.1, 0.15) is 18.9 Å². The van der Waals surface area contributed by atoms with Crippen molar-refractivity contribution in [2.24, 2.45) is 5.73 Å². The Morgan fingerprint density at radius 3 is 2.70 bits per heavy atom. The largest absolute Gasteiger partial charge is 0.455 e. The quantitative estimate of drug-likeness (QED) is 0.793. The van der Waals surface area contributed by atoms with Crippen LogP contribution in [0.3, 0.4) is 0 Å². The van der Waals surface area contributed by atoms with Gasteiger partial charge in [-0.25, -0.2) is 0 Å². The molecule has 2 rings (SSSR count). The summed E-state index contributed by atoms with van der Waals surface area (Å²) in [6, 6.07) is 8.03. The predicted molar refractivity (Wildman–Crippen MR) is 88.1 cm³/mol. The summed E-state index contributed by atoms with van der Waals surface area (Å²) < 4.78 is 7.80. The SMILES string of the molecule is CCC(N)Cc1ccc(Br)cc1Oc1cncc(Br)c1. The number of pyridine rings is 1. The number of ether oxygens (including phenoxy) is 1. The molecule has 1 heterocycles. The van der Waals surface area contributed by atoms with Crippen molar-refractivity contribution in [2.75, 3.05) is 0 Å². The van der Waals surface area contributed by atoms with Gasteiger partial charge in [0.1, 0.15) is 11.5 Å². The van der Waals surface area contributed by atoms with Crippen LogP contribution in [0.25, 0.3) is 0 Å². The van der Waals surface area contributed by atoms with Gasteiger partial charge >= 0.3 is 0 Å². The summed E-state index contributed by atoms with van der Waals surface area (Å²) in [5.74, 6) is 1.51. The number of halogens is 2. The summed E-state index contributed by atoms with van der Waals surface area (Å²) >= 11 is 6.86. The minimum atomic E-state index is 0.138. The van der Waals surface area contributed by atoms with Gasteiger partial charge in [-0.2, -0.15) is 0 Å². The van der Waals surface area contributed by atoms with E-state index in [1.807, 2.05) is 24.3 Å². The minimum Gasteiger partial charge on any atom is -0.455 e. The fourth-order valence-electron chi connectivity index (χ4n) is 1.79. The number of nitrogens with zero attached hydrogens (tertiary/aromatic N) is 1. The van der Waals surface area contributed by atoms with E-state index < -0.39 is 0 Å². The number of hydrogen-bond donors (Lipinski definition) is 1. The second-order valence-electron chi connectivity index (χ2n) is 4.57. The normalized spacial score (nSPS) is 12.2. The number of aromatic nitrogens is 1. The minimum absolute atomic E-state index is 0.138. The van der Waals surface area contributed by atoms with Gasteiger partial charge in [-0.15, -0.1) is 0 Å². The highest BCUT2D eigenvalue weighted by atomic mass is 79.9. The summed E-state index contributed by atoms with van der Waals surface area (Å²) in [5.41, 5.74) is 7.14.